The minimum atomic E-state index is -0.975. The zero-order valence-corrected chi connectivity index (χ0v) is 13.4. The highest BCUT2D eigenvalue weighted by Crippen LogP contribution is 2.18. The highest BCUT2D eigenvalue weighted by atomic mass is 19.2. The van der Waals surface area contributed by atoms with Crippen molar-refractivity contribution >= 4 is 17.4 Å². The number of nitrogens with one attached hydrogen (secondary N) is 1. The van der Waals surface area contributed by atoms with Crippen molar-refractivity contribution in [3.05, 3.63) is 59.7 Å². The van der Waals surface area contributed by atoms with Gasteiger partial charge in [0.25, 0.3) is 0 Å². The second-order valence-electron chi connectivity index (χ2n) is 5.87. The molecule has 2 amide bonds. The lowest BCUT2D eigenvalue weighted by atomic mass is 10.2. The maximum atomic E-state index is 13.2. The molecule has 1 fully saturated rings. The second kappa shape index (κ2) is 6.86. The van der Waals surface area contributed by atoms with E-state index >= 15 is 0 Å². The van der Waals surface area contributed by atoms with Crippen LogP contribution < -0.4 is 10.2 Å². The summed E-state index contributed by atoms with van der Waals surface area (Å²) >= 11 is 0. The number of benzene rings is 2. The summed E-state index contributed by atoms with van der Waals surface area (Å²) < 4.78 is 26.1. The van der Waals surface area contributed by atoms with Crippen molar-refractivity contribution in [2.45, 2.75) is 6.92 Å². The molecule has 24 heavy (non-hydrogen) atoms. The molecule has 0 aromatic heterocycles. The number of piperazine rings is 1. The predicted molar refractivity (Wildman–Crippen MR) is 90.3 cm³/mol. The zero-order chi connectivity index (χ0) is 17.1. The molecular weight excluding hydrogens is 312 g/mol. The predicted octanol–water partition coefficient (Wildman–Crippen LogP) is 3.63. The lowest BCUT2D eigenvalue weighted by Crippen LogP contribution is -2.50. The number of nitrogens with zero attached hydrogens (tertiary/aromatic N) is 2. The van der Waals surface area contributed by atoms with E-state index in [4.69, 9.17) is 0 Å². The molecule has 1 N–H and O–H groups in total. The molecule has 1 heterocycles. The number of carbonyl (C=O) groups excluding carboxylic acids is 1. The number of urea groups is 1. The lowest BCUT2D eigenvalue weighted by molar-refractivity contribution is 0.208. The molecule has 0 bridgehead atoms. The van der Waals surface area contributed by atoms with Gasteiger partial charge in [-0.1, -0.05) is 17.7 Å². The monoisotopic (exact) mass is 331 g/mol. The van der Waals surface area contributed by atoms with Gasteiger partial charge in [-0.05, 0) is 31.2 Å². The molecule has 1 saturated heterocycles. The highest BCUT2D eigenvalue weighted by Gasteiger charge is 2.21. The van der Waals surface area contributed by atoms with E-state index in [0.717, 1.165) is 30.9 Å². The standard InChI is InChI=1S/C18H19F2N3O/c1-13-2-5-15(6-3-13)22-8-10-23(11-9-22)18(24)21-14-4-7-16(19)17(20)12-14/h2-7,12H,8-11H2,1H3,(H,21,24). The fourth-order valence-corrected chi connectivity index (χ4v) is 2.70. The molecule has 0 unspecified atom stereocenters. The lowest BCUT2D eigenvalue weighted by Gasteiger charge is -2.36. The molecule has 2 aromatic carbocycles. The molecule has 0 spiro atoms. The average molecular weight is 331 g/mol. The van der Waals surface area contributed by atoms with Gasteiger partial charge in [-0.15, -0.1) is 0 Å². The van der Waals surface area contributed by atoms with Gasteiger partial charge >= 0.3 is 6.03 Å². The SMILES string of the molecule is Cc1ccc(N2CCN(C(=O)Nc3ccc(F)c(F)c3)CC2)cc1. The number of carbonyl (C=O) groups is 1. The summed E-state index contributed by atoms with van der Waals surface area (Å²) in [5, 5.41) is 2.60. The molecular formula is C18H19F2N3O. The molecule has 3 rings (SSSR count). The Morgan fingerprint density at radius 2 is 1.62 bits per heavy atom. The van der Waals surface area contributed by atoms with Crippen molar-refractivity contribution in [1.82, 2.24) is 4.90 Å². The summed E-state index contributed by atoms with van der Waals surface area (Å²) in [6, 6.07) is 11.3. The number of rotatable bonds is 2. The van der Waals surface area contributed by atoms with Crippen LogP contribution in [-0.2, 0) is 0 Å². The van der Waals surface area contributed by atoms with E-state index in [9.17, 15) is 13.6 Å². The van der Waals surface area contributed by atoms with E-state index in [1.54, 1.807) is 4.90 Å². The summed E-state index contributed by atoms with van der Waals surface area (Å²) in [4.78, 5) is 16.1. The van der Waals surface area contributed by atoms with E-state index < -0.39 is 11.6 Å². The first-order valence-electron chi connectivity index (χ1n) is 7.85. The van der Waals surface area contributed by atoms with Gasteiger partial charge in [0.1, 0.15) is 0 Å². The molecule has 6 heteroatoms. The maximum Gasteiger partial charge on any atom is 0.321 e. The third-order valence-electron chi connectivity index (χ3n) is 4.14. The first kappa shape index (κ1) is 16.2. The van der Waals surface area contributed by atoms with E-state index in [2.05, 4.69) is 34.5 Å². The topological polar surface area (TPSA) is 35.6 Å². The minimum Gasteiger partial charge on any atom is -0.368 e. The first-order valence-corrected chi connectivity index (χ1v) is 7.85. The highest BCUT2D eigenvalue weighted by molar-refractivity contribution is 5.89. The van der Waals surface area contributed by atoms with Crippen LogP contribution in [0.3, 0.4) is 0 Å². The van der Waals surface area contributed by atoms with Gasteiger partial charge in [-0.2, -0.15) is 0 Å². The number of hydrogen-bond donors (Lipinski definition) is 1. The van der Waals surface area contributed by atoms with E-state index in [0.29, 0.717) is 13.1 Å². The summed E-state index contributed by atoms with van der Waals surface area (Å²) in [5.74, 6) is -1.91. The number of aryl methyl sites for hydroxylation is 1. The van der Waals surface area contributed by atoms with Crippen molar-refractivity contribution in [3.63, 3.8) is 0 Å². The average Bonchev–Trinajstić information content (AvgIpc) is 2.59. The summed E-state index contributed by atoms with van der Waals surface area (Å²) in [7, 11) is 0. The molecule has 1 aliphatic rings. The van der Waals surface area contributed by atoms with Crippen molar-refractivity contribution in [2.24, 2.45) is 0 Å². The third kappa shape index (κ3) is 3.64. The van der Waals surface area contributed by atoms with Crippen LogP contribution in [0, 0.1) is 18.6 Å². The Kier molecular flexibility index (Phi) is 4.64. The van der Waals surface area contributed by atoms with Gasteiger partial charge in [0.15, 0.2) is 11.6 Å². The normalized spacial score (nSPS) is 14.6. The first-order chi connectivity index (χ1) is 11.5. The molecule has 0 atom stereocenters. The van der Waals surface area contributed by atoms with Gasteiger partial charge in [0.05, 0.1) is 0 Å². The van der Waals surface area contributed by atoms with Gasteiger partial charge in [0, 0.05) is 43.6 Å². The van der Waals surface area contributed by atoms with Crippen LogP contribution in [0.1, 0.15) is 5.56 Å². The molecule has 2 aromatic rings. The summed E-state index contributed by atoms with van der Waals surface area (Å²) in [6.07, 6.45) is 0. The van der Waals surface area contributed by atoms with Gasteiger partial charge in [-0.25, -0.2) is 13.6 Å². The smallest absolute Gasteiger partial charge is 0.321 e. The third-order valence-corrected chi connectivity index (χ3v) is 4.14. The quantitative estimate of drug-likeness (QED) is 0.912. The van der Waals surface area contributed by atoms with Gasteiger partial charge in [0.2, 0.25) is 0 Å². The van der Waals surface area contributed by atoms with E-state index in [1.807, 2.05) is 6.92 Å². The zero-order valence-electron chi connectivity index (χ0n) is 13.4. The Hall–Kier alpha value is -2.63. The Labute approximate surface area is 139 Å². The van der Waals surface area contributed by atoms with Crippen LogP contribution in [0.5, 0.6) is 0 Å². The van der Waals surface area contributed by atoms with Crippen molar-refractivity contribution in [3.8, 4) is 0 Å². The Bertz CT molecular complexity index is 726. The fraction of sp³-hybridized carbons (Fsp3) is 0.278. The van der Waals surface area contributed by atoms with Crippen LogP contribution in [0.2, 0.25) is 0 Å². The van der Waals surface area contributed by atoms with Crippen LogP contribution >= 0.6 is 0 Å². The van der Waals surface area contributed by atoms with Crippen LogP contribution in [0.15, 0.2) is 42.5 Å². The van der Waals surface area contributed by atoms with Crippen molar-refractivity contribution in [2.75, 3.05) is 36.4 Å². The number of hydrogen-bond acceptors (Lipinski definition) is 2. The molecule has 0 radical (unpaired) electrons. The number of halogens is 2. The van der Waals surface area contributed by atoms with Crippen LogP contribution in [0.4, 0.5) is 25.0 Å². The van der Waals surface area contributed by atoms with Crippen LogP contribution in [0.25, 0.3) is 0 Å². The Balaban J connectivity index is 1.56. The van der Waals surface area contributed by atoms with Crippen LogP contribution in [-0.4, -0.2) is 37.1 Å². The Morgan fingerprint density at radius 1 is 0.958 bits per heavy atom. The number of amides is 2. The summed E-state index contributed by atoms with van der Waals surface area (Å²) in [5.41, 5.74) is 2.60. The van der Waals surface area contributed by atoms with Gasteiger partial charge < -0.3 is 15.1 Å². The molecule has 0 saturated carbocycles. The molecule has 0 aliphatic carbocycles. The van der Waals surface area contributed by atoms with E-state index in [1.165, 1.54) is 11.6 Å². The maximum absolute atomic E-state index is 13.2. The number of anilines is 2. The summed E-state index contributed by atoms with van der Waals surface area (Å²) in [6.45, 7) is 4.65. The molecule has 4 nitrogen and oxygen atoms in total. The fourth-order valence-electron chi connectivity index (χ4n) is 2.70. The minimum absolute atomic E-state index is 0.250. The van der Waals surface area contributed by atoms with Gasteiger partial charge in [-0.3, -0.25) is 0 Å². The Morgan fingerprint density at radius 3 is 2.25 bits per heavy atom. The van der Waals surface area contributed by atoms with Crippen molar-refractivity contribution in [1.29, 1.82) is 0 Å². The van der Waals surface area contributed by atoms with E-state index in [-0.39, 0.29) is 11.7 Å². The molecule has 126 valence electrons. The van der Waals surface area contributed by atoms with Crippen molar-refractivity contribution < 1.29 is 13.6 Å². The second-order valence-corrected chi connectivity index (χ2v) is 5.87. The largest absolute Gasteiger partial charge is 0.368 e. The molecule has 1 aliphatic heterocycles.